The predicted molar refractivity (Wildman–Crippen MR) is 115 cm³/mol. The van der Waals surface area contributed by atoms with Gasteiger partial charge in [0, 0.05) is 11.1 Å². The van der Waals surface area contributed by atoms with E-state index >= 15 is 0 Å². The van der Waals surface area contributed by atoms with E-state index in [2.05, 4.69) is 10.4 Å². The van der Waals surface area contributed by atoms with Crippen molar-refractivity contribution in [2.45, 2.75) is 58.8 Å². The molecule has 7 nitrogen and oxygen atoms in total. The molecule has 160 valence electrons. The van der Waals surface area contributed by atoms with Gasteiger partial charge in [-0.15, -0.1) is 0 Å². The summed E-state index contributed by atoms with van der Waals surface area (Å²) < 4.78 is 27.1. The number of nitrogens with one attached hydrogen (secondary N) is 1. The van der Waals surface area contributed by atoms with Crippen LogP contribution in [0.4, 0.5) is 0 Å². The summed E-state index contributed by atoms with van der Waals surface area (Å²) in [6.07, 6.45) is 5.96. The molecular formula is C19H25Cl2N3O4S. The largest absolute Gasteiger partial charge is 0.325 e. The first-order valence-electron chi connectivity index (χ1n) is 9.31. The van der Waals surface area contributed by atoms with Crippen LogP contribution in [0.15, 0.2) is 33.7 Å². The fourth-order valence-electron chi connectivity index (χ4n) is 3.22. The molecule has 0 saturated carbocycles. The maximum Gasteiger partial charge on any atom is 0.287 e. The summed E-state index contributed by atoms with van der Waals surface area (Å²) in [5, 5.41) is 5.76. The van der Waals surface area contributed by atoms with Gasteiger partial charge >= 0.3 is 0 Å². The first-order chi connectivity index (χ1) is 13.4. The van der Waals surface area contributed by atoms with Crippen LogP contribution in [0, 0.1) is 5.41 Å². The molecule has 0 unspecified atom stereocenters. The summed E-state index contributed by atoms with van der Waals surface area (Å²) in [5.41, 5.74) is -0.870. The highest BCUT2D eigenvalue weighted by Crippen LogP contribution is 2.40. The predicted octanol–water partition coefficient (Wildman–Crippen LogP) is 3.47. The van der Waals surface area contributed by atoms with Crippen molar-refractivity contribution in [3.05, 3.63) is 49.4 Å². The second-order valence-electron chi connectivity index (χ2n) is 7.56. The highest BCUT2D eigenvalue weighted by Gasteiger charge is 2.38. The highest BCUT2D eigenvalue weighted by molar-refractivity contribution is 7.95. The van der Waals surface area contributed by atoms with Crippen molar-refractivity contribution in [3.63, 3.8) is 0 Å². The summed E-state index contributed by atoms with van der Waals surface area (Å²) in [5.74, 6) is -0.528. The Kier molecular flexibility index (Phi) is 7.35. The van der Waals surface area contributed by atoms with E-state index in [9.17, 15) is 18.0 Å². The number of amides is 1. The number of hydrogen-bond acceptors (Lipinski definition) is 5. The lowest BCUT2D eigenvalue weighted by Crippen LogP contribution is -2.35. The van der Waals surface area contributed by atoms with Gasteiger partial charge in [-0.3, -0.25) is 9.59 Å². The van der Waals surface area contributed by atoms with Crippen molar-refractivity contribution in [2.24, 2.45) is 5.41 Å². The van der Waals surface area contributed by atoms with E-state index in [1.54, 1.807) is 6.08 Å². The molecule has 1 N–H and O–H groups in total. The molecule has 1 amide bonds. The number of hydrogen-bond donors (Lipinski definition) is 1. The average Bonchev–Trinajstić information content (AvgIpc) is 2.64. The van der Waals surface area contributed by atoms with Gasteiger partial charge in [-0.1, -0.05) is 57.0 Å². The molecule has 10 heteroatoms. The van der Waals surface area contributed by atoms with Crippen molar-refractivity contribution in [1.29, 1.82) is 0 Å². The topological polar surface area (TPSA) is 98.1 Å². The Morgan fingerprint density at radius 1 is 1.31 bits per heavy atom. The van der Waals surface area contributed by atoms with Gasteiger partial charge in [-0.05, 0) is 25.3 Å². The molecule has 0 spiro atoms. The number of rotatable bonds is 7. The molecule has 1 heterocycles. The third-order valence-electron chi connectivity index (χ3n) is 4.96. The minimum absolute atomic E-state index is 0.00438. The van der Waals surface area contributed by atoms with Crippen LogP contribution in [0.5, 0.6) is 0 Å². The summed E-state index contributed by atoms with van der Waals surface area (Å²) in [6, 6.07) is 0. The Bertz CT molecular complexity index is 1020. The van der Waals surface area contributed by atoms with Gasteiger partial charge in [0.2, 0.25) is 5.91 Å². The van der Waals surface area contributed by atoms with Gasteiger partial charge in [-0.25, -0.2) is 13.1 Å². The van der Waals surface area contributed by atoms with Gasteiger partial charge in [0.1, 0.15) is 11.6 Å². The van der Waals surface area contributed by atoms with Gasteiger partial charge in [0.25, 0.3) is 5.56 Å². The Morgan fingerprint density at radius 2 is 1.93 bits per heavy atom. The monoisotopic (exact) mass is 461 g/mol. The average molecular weight is 462 g/mol. The van der Waals surface area contributed by atoms with Crippen LogP contribution < -0.4 is 10.9 Å². The van der Waals surface area contributed by atoms with Crippen LogP contribution in [0.25, 0.3) is 0 Å². The third-order valence-corrected chi connectivity index (χ3v) is 8.54. The number of carbonyl (C=O) groups is 1. The minimum Gasteiger partial charge on any atom is -0.325 e. The molecule has 1 aliphatic rings. The lowest BCUT2D eigenvalue weighted by Gasteiger charge is -2.32. The molecule has 1 aromatic rings. The smallest absolute Gasteiger partial charge is 0.287 e. The maximum atomic E-state index is 13.1. The van der Waals surface area contributed by atoms with Crippen molar-refractivity contribution >= 4 is 38.9 Å². The lowest BCUT2D eigenvalue weighted by molar-refractivity contribution is -0.121. The first-order valence-corrected chi connectivity index (χ1v) is 11.6. The fourth-order valence-corrected chi connectivity index (χ4v) is 5.87. The van der Waals surface area contributed by atoms with Crippen molar-refractivity contribution in [3.8, 4) is 0 Å². The van der Waals surface area contributed by atoms with Crippen LogP contribution in [0.1, 0.15) is 47.0 Å². The van der Waals surface area contributed by atoms with Crippen molar-refractivity contribution in [2.75, 3.05) is 0 Å². The second kappa shape index (κ2) is 9.02. The molecule has 0 bridgehead atoms. The zero-order valence-electron chi connectivity index (χ0n) is 16.8. The number of sulfone groups is 1. The van der Waals surface area contributed by atoms with E-state index < -0.39 is 32.0 Å². The third kappa shape index (κ3) is 5.10. The summed E-state index contributed by atoms with van der Waals surface area (Å²) in [4.78, 5) is 24.7. The van der Waals surface area contributed by atoms with E-state index in [0.717, 1.165) is 4.68 Å². The van der Waals surface area contributed by atoms with Crippen LogP contribution in [0.3, 0.4) is 0 Å². The Balaban J connectivity index is 2.26. The Hall–Kier alpha value is -1.64. The minimum atomic E-state index is -3.51. The molecule has 29 heavy (non-hydrogen) atoms. The Labute approximate surface area is 180 Å². The quantitative estimate of drug-likeness (QED) is 0.669. The van der Waals surface area contributed by atoms with Gasteiger partial charge < -0.3 is 5.32 Å². The first kappa shape index (κ1) is 23.6. The van der Waals surface area contributed by atoms with Crippen LogP contribution >= 0.6 is 23.2 Å². The fraction of sp³-hybridized carbons (Fsp3) is 0.526. The molecule has 1 aliphatic carbocycles. The number of nitrogens with zero attached hydrogens (tertiary/aromatic N) is 2. The molecular weight excluding hydrogens is 437 g/mol. The standard InChI is InChI=1S/C19H25Cl2N3O4S/c1-5-13(6-2)29(27,28)15-9-12(7-8-19(15,3)4)23-16(25)11-24-18(26)17(21)14(20)10-22-24/h7,9-10,13H,5-6,8,11H2,1-4H3,(H,23,25). The SMILES string of the molecule is CCC(CC)S(=O)(=O)C1=CC(NC(=O)Cn2ncc(Cl)c(Cl)c2=O)=CCC1(C)C. The summed E-state index contributed by atoms with van der Waals surface area (Å²) in [6.45, 7) is 7.06. The van der Waals surface area contributed by atoms with E-state index in [4.69, 9.17) is 23.2 Å². The molecule has 0 aromatic carbocycles. The molecule has 2 rings (SSSR count). The van der Waals surface area contributed by atoms with Crippen LogP contribution in [0.2, 0.25) is 10.0 Å². The van der Waals surface area contributed by atoms with E-state index in [-0.39, 0.29) is 16.6 Å². The van der Waals surface area contributed by atoms with Gasteiger partial charge in [-0.2, -0.15) is 5.10 Å². The van der Waals surface area contributed by atoms with E-state index in [1.165, 1.54) is 12.3 Å². The molecule has 0 radical (unpaired) electrons. The molecule has 0 atom stereocenters. The molecule has 0 aliphatic heterocycles. The van der Waals surface area contributed by atoms with Gasteiger partial charge in [0.15, 0.2) is 9.84 Å². The number of carbonyl (C=O) groups excluding carboxylic acids is 1. The maximum absolute atomic E-state index is 13.1. The molecule has 0 saturated heterocycles. The zero-order chi connectivity index (χ0) is 22.0. The van der Waals surface area contributed by atoms with Crippen LogP contribution in [-0.2, 0) is 21.2 Å². The number of aromatic nitrogens is 2. The molecule has 0 fully saturated rings. The van der Waals surface area contributed by atoms with Crippen LogP contribution in [-0.4, -0.2) is 29.4 Å². The van der Waals surface area contributed by atoms with E-state index in [0.29, 0.717) is 29.9 Å². The zero-order valence-corrected chi connectivity index (χ0v) is 19.2. The number of halogens is 2. The van der Waals surface area contributed by atoms with E-state index in [1.807, 2.05) is 27.7 Å². The normalized spacial score (nSPS) is 16.4. The summed E-state index contributed by atoms with van der Waals surface area (Å²) >= 11 is 11.5. The summed E-state index contributed by atoms with van der Waals surface area (Å²) in [7, 11) is -3.51. The van der Waals surface area contributed by atoms with Gasteiger partial charge in [0.05, 0.1) is 21.4 Å². The second-order valence-corrected chi connectivity index (χ2v) is 10.5. The number of allylic oxidation sites excluding steroid dienone is 3. The molecule has 1 aromatic heterocycles. The highest BCUT2D eigenvalue weighted by atomic mass is 35.5. The Morgan fingerprint density at radius 3 is 2.52 bits per heavy atom. The lowest BCUT2D eigenvalue weighted by atomic mass is 9.85. The van der Waals surface area contributed by atoms with Crippen molar-refractivity contribution in [1.82, 2.24) is 15.1 Å². The van der Waals surface area contributed by atoms with Crippen molar-refractivity contribution < 1.29 is 13.2 Å².